The maximum absolute atomic E-state index is 4.66. The molecule has 0 aliphatic carbocycles. The zero-order chi connectivity index (χ0) is 18.5. The van der Waals surface area contributed by atoms with Crippen molar-refractivity contribution < 1.29 is 0 Å². The summed E-state index contributed by atoms with van der Waals surface area (Å²) in [7, 11) is 0. The first-order valence-corrected chi connectivity index (χ1v) is 10.1. The SMILES string of the molecule is c1ccc(-c2ncc(-n3c4ccccc4c4ccc5sccc5c43)cn2)cc1. The number of fused-ring (bicyclic) bond motifs is 5. The zero-order valence-electron chi connectivity index (χ0n) is 14.9. The highest BCUT2D eigenvalue weighted by Gasteiger charge is 2.15. The number of para-hydroxylation sites is 1. The minimum absolute atomic E-state index is 0.741. The van der Waals surface area contributed by atoms with Gasteiger partial charge in [0.05, 0.1) is 29.1 Å². The molecule has 3 aromatic carbocycles. The first-order chi connectivity index (χ1) is 13.9. The Balaban J connectivity index is 1.66. The Morgan fingerprint density at radius 1 is 0.679 bits per heavy atom. The van der Waals surface area contributed by atoms with Gasteiger partial charge in [-0.25, -0.2) is 9.97 Å². The van der Waals surface area contributed by atoms with Crippen molar-refractivity contribution in [3.05, 3.63) is 90.6 Å². The Morgan fingerprint density at radius 3 is 2.32 bits per heavy atom. The standard InChI is InChI=1S/C24H15N3S/c1-2-6-16(7-3-1)24-25-14-17(15-26-24)27-21-9-5-4-8-18(21)19-10-11-22-20(23(19)27)12-13-28-22/h1-15H. The van der Waals surface area contributed by atoms with Gasteiger partial charge in [0, 0.05) is 26.4 Å². The van der Waals surface area contributed by atoms with Crippen LogP contribution in [0.3, 0.4) is 0 Å². The van der Waals surface area contributed by atoms with Crippen molar-refractivity contribution in [2.75, 3.05) is 0 Å². The van der Waals surface area contributed by atoms with E-state index in [1.807, 2.05) is 42.7 Å². The normalized spacial score (nSPS) is 11.6. The molecule has 0 spiro atoms. The molecule has 28 heavy (non-hydrogen) atoms. The van der Waals surface area contributed by atoms with Gasteiger partial charge in [-0.2, -0.15) is 0 Å². The van der Waals surface area contributed by atoms with E-state index in [2.05, 4.69) is 62.4 Å². The van der Waals surface area contributed by atoms with Crippen LogP contribution in [0.1, 0.15) is 0 Å². The second kappa shape index (κ2) is 6.01. The molecule has 0 saturated heterocycles. The predicted molar refractivity (Wildman–Crippen MR) is 117 cm³/mol. The monoisotopic (exact) mass is 377 g/mol. The zero-order valence-corrected chi connectivity index (χ0v) is 15.7. The van der Waals surface area contributed by atoms with Crippen LogP contribution < -0.4 is 0 Å². The van der Waals surface area contributed by atoms with Crippen LogP contribution >= 0.6 is 11.3 Å². The molecule has 0 N–H and O–H groups in total. The Kier molecular flexibility index (Phi) is 3.34. The summed E-state index contributed by atoms with van der Waals surface area (Å²) in [5.74, 6) is 0.741. The molecule has 132 valence electrons. The molecule has 0 unspecified atom stereocenters. The van der Waals surface area contributed by atoms with Crippen LogP contribution in [0.2, 0.25) is 0 Å². The second-order valence-electron chi connectivity index (χ2n) is 6.78. The molecule has 0 saturated carbocycles. The summed E-state index contributed by atoms with van der Waals surface area (Å²) in [6, 6.07) is 25.3. The molecular formula is C24H15N3S. The fraction of sp³-hybridized carbons (Fsp3) is 0. The van der Waals surface area contributed by atoms with Gasteiger partial charge in [0.1, 0.15) is 0 Å². The summed E-state index contributed by atoms with van der Waals surface area (Å²) in [4.78, 5) is 9.31. The summed E-state index contributed by atoms with van der Waals surface area (Å²) in [5.41, 5.74) is 4.39. The van der Waals surface area contributed by atoms with Crippen LogP contribution in [0.4, 0.5) is 0 Å². The van der Waals surface area contributed by atoms with Gasteiger partial charge in [0.2, 0.25) is 0 Å². The van der Waals surface area contributed by atoms with E-state index in [1.165, 1.54) is 31.9 Å². The Hall–Kier alpha value is -3.50. The topological polar surface area (TPSA) is 30.7 Å². The molecule has 0 atom stereocenters. The summed E-state index contributed by atoms with van der Waals surface area (Å²) in [6.45, 7) is 0. The van der Waals surface area contributed by atoms with Crippen molar-refractivity contribution in [1.29, 1.82) is 0 Å². The molecular weight excluding hydrogens is 362 g/mol. The average Bonchev–Trinajstić information content (AvgIpc) is 3.37. The lowest BCUT2D eigenvalue weighted by molar-refractivity contribution is 1.08. The van der Waals surface area contributed by atoms with Crippen LogP contribution in [0.5, 0.6) is 0 Å². The maximum Gasteiger partial charge on any atom is 0.159 e. The van der Waals surface area contributed by atoms with Crippen molar-refractivity contribution in [3.63, 3.8) is 0 Å². The van der Waals surface area contributed by atoms with E-state index in [4.69, 9.17) is 0 Å². The van der Waals surface area contributed by atoms with E-state index in [9.17, 15) is 0 Å². The van der Waals surface area contributed by atoms with Gasteiger partial charge in [-0.05, 0) is 23.6 Å². The van der Waals surface area contributed by atoms with Crippen molar-refractivity contribution in [1.82, 2.24) is 14.5 Å². The summed E-state index contributed by atoms with van der Waals surface area (Å²) in [5, 5.41) is 5.93. The van der Waals surface area contributed by atoms with Crippen molar-refractivity contribution in [3.8, 4) is 17.1 Å². The molecule has 3 heterocycles. The second-order valence-corrected chi connectivity index (χ2v) is 7.73. The lowest BCUT2D eigenvalue weighted by Crippen LogP contribution is -1.98. The highest BCUT2D eigenvalue weighted by Crippen LogP contribution is 2.37. The Morgan fingerprint density at radius 2 is 1.46 bits per heavy atom. The van der Waals surface area contributed by atoms with Crippen molar-refractivity contribution in [2.45, 2.75) is 0 Å². The first kappa shape index (κ1) is 15.5. The fourth-order valence-corrected chi connectivity index (χ4v) is 4.73. The maximum atomic E-state index is 4.66. The molecule has 4 heteroatoms. The van der Waals surface area contributed by atoms with E-state index in [1.54, 1.807) is 11.3 Å². The van der Waals surface area contributed by atoms with Crippen LogP contribution in [0, 0.1) is 0 Å². The van der Waals surface area contributed by atoms with Crippen LogP contribution in [0.15, 0.2) is 90.6 Å². The molecule has 6 rings (SSSR count). The van der Waals surface area contributed by atoms with Gasteiger partial charge in [0.25, 0.3) is 0 Å². The van der Waals surface area contributed by atoms with Crippen LogP contribution in [-0.4, -0.2) is 14.5 Å². The quantitative estimate of drug-likeness (QED) is 0.347. The number of aromatic nitrogens is 3. The largest absolute Gasteiger partial charge is 0.306 e. The van der Waals surface area contributed by atoms with E-state index >= 15 is 0 Å². The van der Waals surface area contributed by atoms with Gasteiger partial charge in [-0.3, -0.25) is 0 Å². The Labute approximate surface area is 165 Å². The molecule has 3 nitrogen and oxygen atoms in total. The first-order valence-electron chi connectivity index (χ1n) is 9.17. The van der Waals surface area contributed by atoms with Gasteiger partial charge < -0.3 is 4.57 Å². The molecule has 0 bridgehead atoms. The molecule has 0 amide bonds. The lowest BCUT2D eigenvalue weighted by atomic mass is 10.1. The highest BCUT2D eigenvalue weighted by atomic mass is 32.1. The minimum Gasteiger partial charge on any atom is -0.306 e. The minimum atomic E-state index is 0.741. The molecule has 6 aromatic rings. The number of hydrogen-bond donors (Lipinski definition) is 0. The summed E-state index contributed by atoms with van der Waals surface area (Å²) < 4.78 is 3.58. The van der Waals surface area contributed by atoms with Crippen LogP contribution in [-0.2, 0) is 0 Å². The number of nitrogens with zero attached hydrogens (tertiary/aromatic N) is 3. The van der Waals surface area contributed by atoms with Gasteiger partial charge in [0.15, 0.2) is 5.82 Å². The predicted octanol–water partition coefficient (Wildman–Crippen LogP) is 6.46. The summed E-state index contributed by atoms with van der Waals surface area (Å²) in [6.07, 6.45) is 3.85. The van der Waals surface area contributed by atoms with E-state index in [0.717, 1.165) is 17.1 Å². The van der Waals surface area contributed by atoms with E-state index < -0.39 is 0 Å². The van der Waals surface area contributed by atoms with Gasteiger partial charge in [-0.1, -0.05) is 54.6 Å². The molecule has 0 radical (unpaired) electrons. The van der Waals surface area contributed by atoms with Crippen molar-refractivity contribution in [2.24, 2.45) is 0 Å². The van der Waals surface area contributed by atoms with E-state index in [0.29, 0.717) is 0 Å². The van der Waals surface area contributed by atoms with Gasteiger partial charge >= 0.3 is 0 Å². The third kappa shape index (κ3) is 2.22. The average molecular weight is 377 g/mol. The Bertz CT molecular complexity index is 1440. The molecule has 0 fully saturated rings. The number of benzene rings is 3. The number of rotatable bonds is 2. The summed E-state index contributed by atoms with van der Waals surface area (Å²) >= 11 is 1.77. The third-order valence-corrected chi connectivity index (χ3v) is 6.08. The number of thiophene rings is 1. The molecule has 3 aromatic heterocycles. The fourth-order valence-electron chi connectivity index (χ4n) is 3.94. The number of hydrogen-bond acceptors (Lipinski definition) is 3. The molecule has 0 aliphatic heterocycles. The third-order valence-electron chi connectivity index (χ3n) is 5.19. The van der Waals surface area contributed by atoms with Crippen LogP contribution in [0.25, 0.3) is 49.0 Å². The smallest absolute Gasteiger partial charge is 0.159 e. The molecule has 0 aliphatic rings. The van der Waals surface area contributed by atoms with E-state index in [-0.39, 0.29) is 0 Å². The van der Waals surface area contributed by atoms with Crippen molar-refractivity contribution >= 4 is 43.2 Å². The lowest BCUT2D eigenvalue weighted by Gasteiger charge is -2.08. The highest BCUT2D eigenvalue weighted by molar-refractivity contribution is 7.17. The van der Waals surface area contributed by atoms with Gasteiger partial charge in [-0.15, -0.1) is 11.3 Å².